The zero-order valence-corrected chi connectivity index (χ0v) is 18.2. The first-order chi connectivity index (χ1) is 14.5. The number of nitrogens with zero attached hydrogens (tertiary/aromatic N) is 4. The molecule has 0 radical (unpaired) electrons. The third-order valence-corrected chi connectivity index (χ3v) is 6.31. The summed E-state index contributed by atoms with van der Waals surface area (Å²) in [7, 11) is 3.83. The van der Waals surface area contributed by atoms with E-state index in [2.05, 4.69) is 16.8 Å². The molecule has 0 unspecified atom stereocenters. The lowest BCUT2D eigenvalue weighted by Gasteiger charge is -2.34. The van der Waals surface area contributed by atoms with E-state index < -0.39 is 0 Å². The number of anilines is 2. The highest BCUT2D eigenvalue weighted by atomic mass is 35.5. The second-order valence-electron chi connectivity index (χ2n) is 7.97. The molecule has 30 heavy (non-hydrogen) atoms. The summed E-state index contributed by atoms with van der Waals surface area (Å²) in [5.41, 5.74) is 2.09. The standard InChI is InChI=1S/C23H27ClN4O2/c1-25-13-15-27(16-14-25)11-6-12-28-20-10-5-8-18(24)21(20)23(30)26(2)19-9-4-3-7-17(19)22(28)29/h3-5,7-10H,6,11-16H2,1-2H3. The van der Waals surface area contributed by atoms with Gasteiger partial charge in [-0.25, -0.2) is 0 Å². The van der Waals surface area contributed by atoms with Gasteiger partial charge in [0.1, 0.15) is 0 Å². The first-order valence-corrected chi connectivity index (χ1v) is 10.7. The third kappa shape index (κ3) is 3.95. The van der Waals surface area contributed by atoms with Crippen LogP contribution in [0.3, 0.4) is 0 Å². The van der Waals surface area contributed by atoms with E-state index in [9.17, 15) is 9.59 Å². The number of fused-ring (bicyclic) bond motifs is 2. The summed E-state index contributed by atoms with van der Waals surface area (Å²) in [5.74, 6) is -0.313. The third-order valence-electron chi connectivity index (χ3n) is 5.99. The van der Waals surface area contributed by atoms with E-state index in [0.717, 1.165) is 39.1 Å². The lowest BCUT2D eigenvalue weighted by atomic mass is 10.0. The highest BCUT2D eigenvalue weighted by molar-refractivity contribution is 6.36. The molecule has 0 atom stereocenters. The molecule has 0 aliphatic carbocycles. The molecule has 6 nitrogen and oxygen atoms in total. The molecule has 0 spiro atoms. The summed E-state index contributed by atoms with van der Waals surface area (Å²) in [6.45, 7) is 5.66. The van der Waals surface area contributed by atoms with Gasteiger partial charge in [0.2, 0.25) is 0 Å². The van der Waals surface area contributed by atoms with Gasteiger partial charge in [0, 0.05) is 39.8 Å². The van der Waals surface area contributed by atoms with Gasteiger partial charge < -0.3 is 19.6 Å². The minimum absolute atomic E-state index is 0.105. The fourth-order valence-electron chi connectivity index (χ4n) is 4.17. The van der Waals surface area contributed by atoms with Gasteiger partial charge in [-0.2, -0.15) is 0 Å². The largest absolute Gasteiger partial charge is 0.311 e. The van der Waals surface area contributed by atoms with Crippen molar-refractivity contribution in [1.29, 1.82) is 0 Å². The highest BCUT2D eigenvalue weighted by Crippen LogP contribution is 2.35. The number of hydrogen-bond donors (Lipinski definition) is 0. The van der Waals surface area contributed by atoms with Crippen molar-refractivity contribution in [2.45, 2.75) is 6.42 Å². The molecule has 0 aromatic heterocycles. The first-order valence-electron chi connectivity index (χ1n) is 10.4. The van der Waals surface area contributed by atoms with Crippen LogP contribution in [0.5, 0.6) is 0 Å². The van der Waals surface area contributed by atoms with E-state index in [1.165, 1.54) is 4.90 Å². The molecule has 2 aromatic carbocycles. The number of halogens is 1. The van der Waals surface area contributed by atoms with Crippen LogP contribution in [0.2, 0.25) is 5.02 Å². The Balaban J connectivity index is 1.65. The van der Waals surface area contributed by atoms with Crippen molar-refractivity contribution in [3.8, 4) is 0 Å². The number of piperazine rings is 1. The van der Waals surface area contributed by atoms with E-state index in [1.54, 1.807) is 36.2 Å². The average molecular weight is 427 g/mol. The average Bonchev–Trinajstić information content (AvgIpc) is 2.76. The number of carbonyl (C=O) groups excluding carboxylic acids is 2. The fraction of sp³-hybridized carbons (Fsp3) is 0.391. The molecule has 158 valence electrons. The molecule has 0 saturated carbocycles. The van der Waals surface area contributed by atoms with Crippen molar-refractivity contribution in [2.75, 3.05) is 63.2 Å². The molecule has 2 amide bonds. The minimum atomic E-state index is -0.209. The van der Waals surface area contributed by atoms with Crippen molar-refractivity contribution >= 4 is 34.8 Å². The Labute approximate surface area is 182 Å². The summed E-state index contributed by atoms with van der Waals surface area (Å²) in [6.07, 6.45) is 0.827. The van der Waals surface area contributed by atoms with Gasteiger partial charge >= 0.3 is 0 Å². The zero-order chi connectivity index (χ0) is 21.3. The van der Waals surface area contributed by atoms with Crippen LogP contribution in [-0.4, -0.2) is 75.0 Å². The molecule has 1 saturated heterocycles. The maximum Gasteiger partial charge on any atom is 0.261 e. The van der Waals surface area contributed by atoms with Crippen LogP contribution in [0, 0.1) is 0 Å². The molecule has 7 heteroatoms. The number of amides is 2. The van der Waals surface area contributed by atoms with Crippen LogP contribution < -0.4 is 9.80 Å². The van der Waals surface area contributed by atoms with E-state index >= 15 is 0 Å². The second-order valence-corrected chi connectivity index (χ2v) is 8.38. The summed E-state index contributed by atoms with van der Waals surface area (Å²) in [6, 6.07) is 12.6. The number of hydrogen-bond acceptors (Lipinski definition) is 4. The second kappa shape index (κ2) is 8.76. The quantitative estimate of drug-likeness (QED) is 0.753. The highest BCUT2D eigenvalue weighted by Gasteiger charge is 2.32. The van der Waals surface area contributed by atoms with Crippen LogP contribution >= 0.6 is 11.6 Å². The Morgan fingerprint density at radius 2 is 1.53 bits per heavy atom. The predicted molar refractivity (Wildman–Crippen MR) is 121 cm³/mol. The molecule has 0 N–H and O–H groups in total. The molecule has 2 aromatic rings. The fourth-order valence-corrected chi connectivity index (χ4v) is 4.42. The van der Waals surface area contributed by atoms with Gasteiger partial charge in [0.05, 0.1) is 27.5 Å². The van der Waals surface area contributed by atoms with Gasteiger partial charge in [0.15, 0.2) is 0 Å². The Kier molecular flexibility index (Phi) is 6.09. The van der Waals surface area contributed by atoms with Crippen LogP contribution in [0.4, 0.5) is 11.4 Å². The number of rotatable bonds is 4. The summed E-state index contributed by atoms with van der Waals surface area (Å²) < 4.78 is 0. The molecule has 0 bridgehead atoms. The van der Waals surface area contributed by atoms with Crippen LogP contribution in [0.15, 0.2) is 42.5 Å². The maximum absolute atomic E-state index is 13.6. The smallest absolute Gasteiger partial charge is 0.261 e. The van der Waals surface area contributed by atoms with Gasteiger partial charge in [-0.1, -0.05) is 29.8 Å². The number of para-hydroxylation sites is 1. The summed E-state index contributed by atoms with van der Waals surface area (Å²) >= 11 is 6.44. The molecule has 1 fully saturated rings. The lowest BCUT2D eigenvalue weighted by Crippen LogP contribution is -2.45. The molecule has 2 aliphatic heterocycles. The normalized spacial score (nSPS) is 18.1. The van der Waals surface area contributed by atoms with Gasteiger partial charge in [-0.05, 0) is 44.3 Å². The maximum atomic E-state index is 13.6. The Morgan fingerprint density at radius 3 is 2.30 bits per heavy atom. The van der Waals surface area contributed by atoms with Gasteiger partial charge in [-0.3, -0.25) is 9.59 Å². The molecule has 2 aliphatic rings. The van der Waals surface area contributed by atoms with Gasteiger partial charge in [-0.15, -0.1) is 0 Å². The lowest BCUT2D eigenvalue weighted by molar-refractivity contribution is 0.0975. The Hall–Kier alpha value is -2.41. The number of carbonyl (C=O) groups is 2. The van der Waals surface area contributed by atoms with Gasteiger partial charge in [0.25, 0.3) is 11.8 Å². The SMILES string of the molecule is CN1CCN(CCCN2C(=O)c3ccccc3N(C)C(=O)c3c(Cl)cccc32)CC1. The first kappa shape index (κ1) is 20.8. The number of benzene rings is 2. The minimum Gasteiger partial charge on any atom is -0.311 e. The molecule has 4 rings (SSSR count). The van der Waals surface area contributed by atoms with Crippen molar-refractivity contribution in [3.63, 3.8) is 0 Å². The topological polar surface area (TPSA) is 47.1 Å². The number of likely N-dealkylation sites (N-methyl/N-ethyl adjacent to an activating group) is 1. The van der Waals surface area contributed by atoms with E-state index in [-0.39, 0.29) is 11.8 Å². The van der Waals surface area contributed by atoms with E-state index in [4.69, 9.17) is 11.6 Å². The van der Waals surface area contributed by atoms with Crippen molar-refractivity contribution in [2.24, 2.45) is 0 Å². The van der Waals surface area contributed by atoms with E-state index in [1.807, 2.05) is 18.2 Å². The molecular formula is C23H27ClN4O2. The van der Waals surface area contributed by atoms with Crippen molar-refractivity contribution in [3.05, 3.63) is 58.6 Å². The summed E-state index contributed by atoms with van der Waals surface area (Å²) in [5, 5.41) is 0.362. The van der Waals surface area contributed by atoms with Crippen LogP contribution in [0.1, 0.15) is 27.1 Å². The summed E-state index contributed by atoms with van der Waals surface area (Å²) in [4.78, 5) is 34.8. The van der Waals surface area contributed by atoms with Crippen LogP contribution in [0.25, 0.3) is 0 Å². The predicted octanol–water partition coefficient (Wildman–Crippen LogP) is 3.21. The monoisotopic (exact) mass is 426 g/mol. The Bertz CT molecular complexity index is 956. The molecule has 2 heterocycles. The van der Waals surface area contributed by atoms with Crippen molar-refractivity contribution in [1.82, 2.24) is 9.80 Å². The molecular weight excluding hydrogens is 400 g/mol. The van der Waals surface area contributed by atoms with E-state index in [0.29, 0.717) is 34.1 Å². The Morgan fingerprint density at radius 1 is 0.833 bits per heavy atom. The van der Waals surface area contributed by atoms with Crippen LogP contribution in [-0.2, 0) is 0 Å². The zero-order valence-electron chi connectivity index (χ0n) is 17.5. The van der Waals surface area contributed by atoms with Crippen molar-refractivity contribution < 1.29 is 9.59 Å².